The maximum Gasteiger partial charge on any atom is 0.151 e. The molecule has 4 nitrogen and oxygen atoms in total. The smallest absolute Gasteiger partial charge is 0.151 e. The van der Waals surface area contributed by atoms with Crippen LogP contribution >= 0.6 is 11.6 Å². The van der Waals surface area contributed by atoms with Crippen molar-refractivity contribution < 1.29 is 0 Å². The summed E-state index contributed by atoms with van der Waals surface area (Å²) in [6, 6.07) is 4.38. The summed E-state index contributed by atoms with van der Waals surface area (Å²) in [5, 5.41) is 11.9. The minimum Gasteiger partial charge on any atom is -0.354 e. The van der Waals surface area contributed by atoms with E-state index in [-0.39, 0.29) is 0 Å². The van der Waals surface area contributed by atoms with Gasteiger partial charge >= 0.3 is 0 Å². The van der Waals surface area contributed by atoms with E-state index in [1.54, 1.807) is 6.07 Å². The number of nitrogens with zero attached hydrogens (tertiary/aromatic N) is 3. The van der Waals surface area contributed by atoms with Crippen LogP contribution in [-0.4, -0.2) is 35.9 Å². The summed E-state index contributed by atoms with van der Waals surface area (Å²) in [5.74, 6) is 1.81. The predicted molar refractivity (Wildman–Crippen MR) is 59.2 cm³/mol. The summed E-state index contributed by atoms with van der Waals surface area (Å²) in [4.78, 5) is 2.27. The minimum absolute atomic E-state index is 0.454. The minimum atomic E-state index is 0.454. The van der Waals surface area contributed by atoms with Gasteiger partial charge in [-0.25, -0.2) is 0 Å². The summed E-state index contributed by atoms with van der Waals surface area (Å²) >= 11 is 5.71. The molecule has 0 aliphatic carbocycles. The van der Waals surface area contributed by atoms with Gasteiger partial charge in [0.15, 0.2) is 11.0 Å². The maximum atomic E-state index is 5.71. The molecule has 0 unspecified atom stereocenters. The van der Waals surface area contributed by atoms with Crippen LogP contribution in [0.4, 0.5) is 5.82 Å². The van der Waals surface area contributed by atoms with Gasteiger partial charge in [-0.2, -0.15) is 0 Å². The zero-order chi connectivity index (χ0) is 10.3. The highest BCUT2D eigenvalue weighted by Crippen LogP contribution is 2.26. The number of rotatable bonds is 1. The number of anilines is 1. The van der Waals surface area contributed by atoms with Gasteiger partial charge < -0.3 is 10.2 Å². The fourth-order valence-electron chi connectivity index (χ4n) is 2.30. The number of aromatic nitrogens is 2. The van der Waals surface area contributed by atoms with E-state index in [1.807, 2.05) is 6.07 Å². The van der Waals surface area contributed by atoms with Crippen molar-refractivity contribution in [2.24, 2.45) is 5.92 Å². The lowest BCUT2D eigenvalue weighted by Gasteiger charge is -2.46. The molecule has 1 aromatic heterocycles. The van der Waals surface area contributed by atoms with Crippen molar-refractivity contribution in [1.82, 2.24) is 15.5 Å². The molecule has 0 spiro atoms. The summed E-state index contributed by atoms with van der Waals surface area (Å²) in [6.07, 6.45) is 1.25. The number of piperidine rings is 1. The van der Waals surface area contributed by atoms with E-state index in [4.69, 9.17) is 11.6 Å². The third-order valence-corrected chi connectivity index (χ3v) is 3.54. The topological polar surface area (TPSA) is 41.0 Å². The Morgan fingerprint density at radius 2 is 2.33 bits per heavy atom. The van der Waals surface area contributed by atoms with Crippen molar-refractivity contribution in [3.8, 4) is 0 Å². The second-order valence-electron chi connectivity index (χ2n) is 4.22. The van der Waals surface area contributed by atoms with E-state index in [9.17, 15) is 0 Å². The second kappa shape index (κ2) is 3.61. The molecular formula is C10H13ClN4. The van der Waals surface area contributed by atoms with Crippen LogP contribution in [0.15, 0.2) is 12.1 Å². The van der Waals surface area contributed by atoms with Gasteiger partial charge in [0.1, 0.15) is 0 Å². The van der Waals surface area contributed by atoms with E-state index in [1.165, 1.54) is 13.0 Å². The molecule has 0 aromatic carbocycles. The van der Waals surface area contributed by atoms with Crippen LogP contribution in [0.25, 0.3) is 0 Å². The van der Waals surface area contributed by atoms with Crippen LogP contribution in [0.3, 0.4) is 0 Å². The lowest BCUT2D eigenvalue weighted by molar-refractivity contribution is 0.196. The first-order valence-corrected chi connectivity index (χ1v) is 5.68. The molecule has 2 fully saturated rings. The average Bonchev–Trinajstić information content (AvgIpc) is 2.22. The van der Waals surface area contributed by atoms with Crippen LogP contribution in [0, 0.1) is 5.92 Å². The van der Waals surface area contributed by atoms with E-state index in [0.29, 0.717) is 11.2 Å². The highest BCUT2D eigenvalue weighted by atomic mass is 35.5. The fraction of sp³-hybridized carbons (Fsp3) is 0.600. The van der Waals surface area contributed by atoms with Gasteiger partial charge in [-0.15, -0.1) is 10.2 Å². The molecule has 0 saturated carbocycles. The lowest BCUT2D eigenvalue weighted by Crippen LogP contribution is -2.62. The van der Waals surface area contributed by atoms with Gasteiger partial charge in [0.05, 0.1) is 0 Å². The van der Waals surface area contributed by atoms with E-state index < -0.39 is 0 Å². The van der Waals surface area contributed by atoms with E-state index >= 15 is 0 Å². The van der Waals surface area contributed by atoms with E-state index in [2.05, 4.69) is 20.4 Å². The van der Waals surface area contributed by atoms with Gasteiger partial charge in [0, 0.05) is 19.1 Å². The second-order valence-corrected chi connectivity index (χ2v) is 4.61. The molecule has 80 valence electrons. The Morgan fingerprint density at radius 3 is 2.93 bits per heavy atom. The first kappa shape index (κ1) is 9.36. The summed E-state index contributed by atoms with van der Waals surface area (Å²) in [7, 11) is 0. The standard InChI is InChI=1S/C10H13ClN4/c11-9-1-2-10(14-13-9)15-4-3-7-5-12-8(7)6-15/h1-2,7-8,12H,3-6H2/t7-,8-/m0/s1. The van der Waals surface area contributed by atoms with Crippen LogP contribution in [-0.2, 0) is 0 Å². The number of halogens is 1. The summed E-state index contributed by atoms with van der Waals surface area (Å²) < 4.78 is 0. The van der Waals surface area contributed by atoms with Gasteiger partial charge in [-0.3, -0.25) is 0 Å². The van der Waals surface area contributed by atoms with Crippen LogP contribution in [0.5, 0.6) is 0 Å². The van der Waals surface area contributed by atoms with Crippen molar-refractivity contribution in [1.29, 1.82) is 0 Å². The first-order chi connectivity index (χ1) is 7.33. The van der Waals surface area contributed by atoms with Gasteiger partial charge in [-0.1, -0.05) is 11.6 Å². The van der Waals surface area contributed by atoms with Crippen LogP contribution < -0.4 is 10.2 Å². The number of nitrogens with one attached hydrogen (secondary N) is 1. The predicted octanol–water partition coefficient (Wildman–Crippen LogP) is 0.928. The molecule has 15 heavy (non-hydrogen) atoms. The fourth-order valence-corrected chi connectivity index (χ4v) is 2.40. The maximum absolute atomic E-state index is 5.71. The zero-order valence-corrected chi connectivity index (χ0v) is 9.11. The molecule has 0 amide bonds. The normalized spacial score (nSPS) is 29.5. The lowest BCUT2D eigenvalue weighted by atomic mass is 9.85. The molecule has 3 heterocycles. The van der Waals surface area contributed by atoms with Crippen molar-refractivity contribution in [2.45, 2.75) is 12.5 Å². The van der Waals surface area contributed by atoms with Gasteiger partial charge in [0.2, 0.25) is 0 Å². The van der Waals surface area contributed by atoms with Crippen molar-refractivity contribution in [3.05, 3.63) is 17.3 Å². The number of hydrogen-bond donors (Lipinski definition) is 1. The van der Waals surface area contributed by atoms with Crippen molar-refractivity contribution >= 4 is 17.4 Å². The molecule has 1 aromatic rings. The quantitative estimate of drug-likeness (QED) is 0.771. The molecule has 2 saturated heterocycles. The molecule has 5 heteroatoms. The first-order valence-electron chi connectivity index (χ1n) is 5.30. The Hall–Kier alpha value is -0.870. The van der Waals surface area contributed by atoms with Crippen LogP contribution in [0.2, 0.25) is 5.15 Å². The monoisotopic (exact) mass is 224 g/mol. The van der Waals surface area contributed by atoms with E-state index in [0.717, 1.165) is 24.8 Å². The number of hydrogen-bond acceptors (Lipinski definition) is 4. The summed E-state index contributed by atoms with van der Waals surface area (Å²) in [5.41, 5.74) is 0. The largest absolute Gasteiger partial charge is 0.354 e. The van der Waals surface area contributed by atoms with Gasteiger partial charge in [0.25, 0.3) is 0 Å². The Balaban J connectivity index is 1.74. The average molecular weight is 225 g/mol. The Kier molecular flexibility index (Phi) is 2.25. The molecule has 2 aliphatic rings. The molecule has 0 bridgehead atoms. The summed E-state index contributed by atoms with van der Waals surface area (Å²) in [6.45, 7) is 3.31. The molecule has 3 rings (SSSR count). The third kappa shape index (κ3) is 1.68. The zero-order valence-electron chi connectivity index (χ0n) is 8.36. The van der Waals surface area contributed by atoms with Gasteiger partial charge in [-0.05, 0) is 31.0 Å². The highest BCUT2D eigenvalue weighted by molar-refractivity contribution is 6.29. The molecule has 2 atom stereocenters. The van der Waals surface area contributed by atoms with Crippen molar-refractivity contribution in [2.75, 3.05) is 24.5 Å². The molecular weight excluding hydrogens is 212 g/mol. The Bertz CT molecular complexity index is 353. The third-order valence-electron chi connectivity index (χ3n) is 3.34. The molecule has 0 radical (unpaired) electrons. The highest BCUT2D eigenvalue weighted by Gasteiger charge is 2.35. The Morgan fingerprint density at radius 1 is 1.40 bits per heavy atom. The Labute approximate surface area is 93.6 Å². The number of fused-ring (bicyclic) bond motifs is 1. The molecule has 1 N–H and O–H groups in total. The van der Waals surface area contributed by atoms with Crippen LogP contribution in [0.1, 0.15) is 6.42 Å². The van der Waals surface area contributed by atoms with Crippen molar-refractivity contribution in [3.63, 3.8) is 0 Å². The SMILES string of the molecule is Clc1ccc(N2CC[C@H]3CN[C@H]3C2)nn1. The molecule has 2 aliphatic heterocycles.